The molecule has 3 aromatic rings. The summed E-state index contributed by atoms with van der Waals surface area (Å²) in [6, 6.07) is 10.0. The lowest BCUT2D eigenvalue weighted by Gasteiger charge is -2.06. The highest BCUT2D eigenvalue weighted by Crippen LogP contribution is 2.35. The van der Waals surface area contributed by atoms with E-state index >= 15 is 0 Å². The maximum Gasteiger partial charge on any atom is 0.153 e. The Balaban J connectivity index is 2.22. The summed E-state index contributed by atoms with van der Waals surface area (Å²) in [7, 11) is 1.89. The molecule has 0 spiro atoms. The first kappa shape index (κ1) is 11.5. The Hall–Kier alpha value is -2.56. The van der Waals surface area contributed by atoms with E-state index in [0.717, 1.165) is 28.1 Å². The summed E-state index contributed by atoms with van der Waals surface area (Å²) in [6.45, 7) is 2.06. The van der Waals surface area contributed by atoms with E-state index < -0.39 is 0 Å². The maximum absolute atomic E-state index is 6.01. The lowest BCUT2D eigenvalue weighted by Crippen LogP contribution is -1.92. The van der Waals surface area contributed by atoms with Crippen molar-refractivity contribution in [2.45, 2.75) is 6.92 Å². The fourth-order valence-electron chi connectivity index (χ4n) is 2.22. The molecule has 0 radical (unpaired) electrons. The molecule has 96 valence electrons. The molecule has 0 atom stereocenters. The van der Waals surface area contributed by atoms with Crippen LogP contribution in [0.25, 0.3) is 22.5 Å². The lowest BCUT2D eigenvalue weighted by molar-refractivity contribution is 0.770. The van der Waals surface area contributed by atoms with Gasteiger partial charge in [-0.2, -0.15) is 10.2 Å². The molecule has 0 saturated heterocycles. The molecular weight excluding hydrogens is 238 g/mol. The Kier molecular flexibility index (Phi) is 2.59. The fourth-order valence-corrected chi connectivity index (χ4v) is 2.22. The van der Waals surface area contributed by atoms with Crippen LogP contribution in [0.15, 0.2) is 36.5 Å². The number of nitrogens with zero attached hydrogens (tertiary/aromatic N) is 3. The number of anilines is 1. The number of aryl methyl sites for hydroxylation is 2. The van der Waals surface area contributed by atoms with E-state index in [1.165, 1.54) is 0 Å². The van der Waals surface area contributed by atoms with Crippen LogP contribution in [0.4, 0.5) is 5.82 Å². The highest BCUT2D eigenvalue weighted by molar-refractivity contribution is 5.87. The maximum atomic E-state index is 6.01. The van der Waals surface area contributed by atoms with Crippen LogP contribution in [0.2, 0.25) is 0 Å². The molecule has 2 heterocycles. The summed E-state index contributed by atoms with van der Waals surface area (Å²) in [5, 5.41) is 11.5. The van der Waals surface area contributed by atoms with Crippen molar-refractivity contribution in [1.82, 2.24) is 20.0 Å². The molecule has 0 amide bonds. The molecule has 5 nitrogen and oxygen atoms in total. The standard InChI is InChI=1S/C14H15N5/c1-9-5-3-4-6-10(9)12-13(16-17-14(12)15)11-7-8-19(2)18-11/h3-8H,1-2H3,(H3,15,16,17). The van der Waals surface area contributed by atoms with Crippen LogP contribution in [0.5, 0.6) is 0 Å². The summed E-state index contributed by atoms with van der Waals surface area (Å²) < 4.78 is 1.76. The van der Waals surface area contributed by atoms with Crippen molar-refractivity contribution in [2.24, 2.45) is 7.05 Å². The number of H-pyrrole nitrogens is 1. The van der Waals surface area contributed by atoms with Crippen molar-refractivity contribution in [2.75, 3.05) is 5.73 Å². The van der Waals surface area contributed by atoms with E-state index in [-0.39, 0.29) is 0 Å². The van der Waals surface area contributed by atoms with Gasteiger partial charge >= 0.3 is 0 Å². The number of hydrogen-bond acceptors (Lipinski definition) is 3. The largest absolute Gasteiger partial charge is 0.382 e. The van der Waals surface area contributed by atoms with E-state index in [1.807, 2.05) is 37.5 Å². The molecule has 3 rings (SSSR count). The van der Waals surface area contributed by atoms with Crippen molar-refractivity contribution in [3.63, 3.8) is 0 Å². The summed E-state index contributed by atoms with van der Waals surface area (Å²) in [4.78, 5) is 0. The molecular formula is C14H15N5. The quantitative estimate of drug-likeness (QED) is 0.736. The average Bonchev–Trinajstić information content (AvgIpc) is 2.96. The summed E-state index contributed by atoms with van der Waals surface area (Å²) in [5.41, 5.74) is 10.9. The van der Waals surface area contributed by atoms with E-state index in [0.29, 0.717) is 5.82 Å². The van der Waals surface area contributed by atoms with Gasteiger partial charge in [-0.3, -0.25) is 9.78 Å². The second-order valence-corrected chi connectivity index (χ2v) is 4.55. The van der Waals surface area contributed by atoms with Crippen LogP contribution >= 0.6 is 0 Å². The predicted octanol–water partition coefficient (Wildman–Crippen LogP) is 2.37. The molecule has 1 aromatic carbocycles. The zero-order valence-electron chi connectivity index (χ0n) is 10.9. The summed E-state index contributed by atoms with van der Waals surface area (Å²) >= 11 is 0. The Labute approximate surface area is 111 Å². The first-order chi connectivity index (χ1) is 9.16. The number of aromatic amines is 1. The number of hydrogen-bond donors (Lipinski definition) is 2. The van der Waals surface area contributed by atoms with Crippen molar-refractivity contribution in [3.05, 3.63) is 42.1 Å². The highest BCUT2D eigenvalue weighted by atomic mass is 15.3. The van der Waals surface area contributed by atoms with E-state index in [9.17, 15) is 0 Å². The zero-order chi connectivity index (χ0) is 13.4. The summed E-state index contributed by atoms with van der Waals surface area (Å²) in [6.07, 6.45) is 1.90. The number of rotatable bonds is 2. The van der Waals surface area contributed by atoms with Gasteiger partial charge < -0.3 is 5.73 Å². The number of nitrogens with one attached hydrogen (secondary N) is 1. The number of aromatic nitrogens is 4. The minimum Gasteiger partial charge on any atom is -0.382 e. The molecule has 3 N–H and O–H groups in total. The molecule has 19 heavy (non-hydrogen) atoms. The minimum absolute atomic E-state index is 0.495. The average molecular weight is 253 g/mol. The molecule has 0 aliphatic rings. The molecule has 5 heteroatoms. The number of nitrogen functional groups attached to an aromatic ring is 1. The minimum atomic E-state index is 0.495. The van der Waals surface area contributed by atoms with E-state index in [4.69, 9.17) is 5.73 Å². The van der Waals surface area contributed by atoms with Gasteiger partial charge in [0.05, 0.1) is 11.3 Å². The molecule has 0 fully saturated rings. The van der Waals surface area contributed by atoms with Crippen LogP contribution < -0.4 is 5.73 Å². The highest BCUT2D eigenvalue weighted by Gasteiger charge is 2.17. The Bertz CT molecular complexity index is 723. The van der Waals surface area contributed by atoms with Crippen LogP contribution in [0.1, 0.15) is 5.56 Å². The molecule has 2 aromatic heterocycles. The van der Waals surface area contributed by atoms with Gasteiger partial charge in [-0.25, -0.2) is 0 Å². The fraction of sp³-hybridized carbons (Fsp3) is 0.143. The van der Waals surface area contributed by atoms with Crippen molar-refractivity contribution in [1.29, 1.82) is 0 Å². The second kappa shape index (κ2) is 4.28. The van der Waals surface area contributed by atoms with Gasteiger partial charge in [0.2, 0.25) is 0 Å². The van der Waals surface area contributed by atoms with Crippen LogP contribution in [0.3, 0.4) is 0 Å². The first-order valence-electron chi connectivity index (χ1n) is 6.06. The van der Waals surface area contributed by atoms with Gasteiger partial charge in [0, 0.05) is 13.2 Å². The monoisotopic (exact) mass is 253 g/mol. The SMILES string of the molecule is Cc1ccccc1-c1c(N)n[nH]c1-c1ccn(C)n1. The van der Waals surface area contributed by atoms with Gasteiger partial charge in [-0.05, 0) is 24.1 Å². The normalized spacial score (nSPS) is 10.8. The third kappa shape index (κ3) is 1.89. The lowest BCUT2D eigenvalue weighted by atomic mass is 9.99. The van der Waals surface area contributed by atoms with Crippen molar-refractivity contribution in [3.8, 4) is 22.5 Å². The molecule has 0 saturated carbocycles. The van der Waals surface area contributed by atoms with Gasteiger partial charge in [-0.15, -0.1) is 0 Å². The van der Waals surface area contributed by atoms with Crippen molar-refractivity contribution < 1.29 is 0 Å². The van der Waals surface area contributed by atoms with E-state index in [2.05, 4.69) is 28.3 Å². The number of nitrogens with two attached hydrogens (primary N) is 1. The first-order valence-corrected chi connectivity index (χ1v) is 6.06. The predicted molar refractivity (Wildman–Crippen MR) is 75.4 cm³/mol. The second-order valence-electron chi connectivity index (χ2n) is 4.55. The van der Waals surface area contributed by atoms with Crippen LogP contribution in [-0.4, -0.2) is 20.0 Å². The molecule has 0 bridgehead atoms. The Morgan fingerprint density at radius 2 is 2.00 bits per heavy atom. The Morgan fingerprint density at radius 3 is 2.68 bits per heavy atom. The van der Waals surface area contributed by atoms with Crippen LogP contribution in [0, 0.1) is 6.92 Å². The summed E-state index contributed by atoms with van der Waals surface area (Å²) in [5.74, 6) is 0.495. The van der Waals surface area contributed by atoms with Gasteiger partial charge in [0.1, 0.15) is 5.69 Å². The molecule has 0 aliphatic heterocycles. The zero-order valence-corrected chi connectivity index (χ0v) is 10.9. The van der Waals surface area contributed by atoms with Crippen LogP contribution in [-0.2, 0) is 7.05 Å². The molecule has 0 aliphatic carbocycles. The Morgan fingerprint density at radius 1 is 1.21 bits per heavy atom. The van der Waals surface area contributed by atoms with E-state index in [1.54, 1.807) is 4.68 Å². The van der Waals surface area contributed by atoms with Gasteiger partial charge in [-0.1, -0.05) is 24.3 Å². The number of benzene rings is 1. The van der Waals surface area contributed by atoms with Gasteiger partial charge in [0.25, 0.3) is 0 Å². The third-order valence-electron chi connectivity index (χ3n) is 3.18. The molecule has 0 unspecified atom stereocenters. The van der Waals surface area contributed by atoms with Gasteiger partial charge in [0.15, 0.2) is 5.82 Å². The van der Waals surface area contributed by atoms with Crippen molar-refractivity contribution >= 4 is 5.82 Å². The third-order valence-corrected chi connectivity index (χ3v) is 3.18. The smallest absolute Gasteiger partial charge is 0.153 e. The topological polar surface area (TPSA) is 72.5 Å².